The molecule has 1 rings (SSSR count). The summed E-state index contributed by atoms with van der Waals surface area (Å²) in [5.41, 5.74) is 1.18. The van der Waals surface area contributed by atoms with E-state index in [1.807, 2.05) is 0 Å². The number of hydrogen-bond acceptors (Lipinski definition) is 3. The molecule has 1 amide bonds. The molecule has 0 saturated carbocycles. The molecule has 1 atom stereocenters. The second-order valence-corrected chi connectivity index (χ2v) is 4.13. The number of carbonyl (C=O) groups is 3. The van der Waals surface area contributed by atoms with Crippen LogP contribution in [0.2, 0.25) is 0 Å². The number of amides is 1. The zero-order valence-corrected chi connectivity index (χ0v) is 10.6. The predicted molar refractivity (Wildman–Crippen MR) is 64.4 cm³/mol. The van der Waals surface area contributed by atoms with E-state index in [1.165, 1.54) is 13.8 Å². The first-order valence-corrected chi connectivity index (χ1v) is 5.50. The Hall–Kier alpha value is -2.11. The molecule has 0 fully saturated rings. The standard InChI is InChI=1S/C12H16N2O4/c1-7(12(17)18)13-11(16)6-9-4-5-10(8(2)15)14(9)3/h4-5,7H,6H2,1-3H3,(H,13,16)(H,17,18)/t7-/m0/s1. The Labute approximate surface area is 105 Å². The number of aromatic nitrogens is 1. The number of carboxylic acid groups (broad SMARTS) is 1. The third-order valence-electron chi connectivity index (χ3n) is 2.68. The highest BCUT2D eigenvalue weighted by molar-refractivity contribution is 5.93. The normalized spacial score (nSPS) is 11.9. The van der Waals surface area contributed by atoms with Crippen LogP contribution in [-0.2, 0) is 23.1 Å². The zero-order valence-electron chi connectivity index (χ0n) is 10.6. The summed E-state index contributed by atoms with van der Waals surface area (Å²) in [5.74, 6) is -1.55. The van der Waals surface area contributed by atoms with E-state index in [9.17, 15) is 14.4 Å². The molecule has 6 nitrogen and oxygen atoms in total. The molecule has 0 aliphatic rings. The van der Waals surface area contributed by atoms with Crippen LogP contribution in [-0.4, -0.2) is 33.4 Å². The lowest BCUT2D eigenvalue weighted by Crippen LogP contribution is -2.39. The second-order valence-electron chi connectivity index (χ2n) is 4.13. The second kappa shape index (κ2) is 5.48. The summed E-state index contributed by atoms with van der Waals surface area (Å²) in [6, 6.07) is 2.40. The van der Waals surface area contributed by atoms with Gasteiger partial charge in [0, 0.05) is 19.7 Å². The van der Waals surface area contributed by atoms with Gasteiger partial charge < -0.3 is 15.0 Å². The van der Waals surface area contributed by atoms with Crippen LogP contribution in [0.5, 0.6) is 0 Å². The molecule has 0 aromatic carbocycles. The number of carboxylic acids is 1. The van der Waals surface area contributed by atoms with Crippen molar-refractivity contribution in [2.45, 2.75) is 26.3 Å². The SMILES string of the molecule is CC(=O)c1ccc(CC(=O)N[C@@H](C)C(=O)O)n1C. The Morgan fingerprint density at radius 3 is 2.44 bits per heavy atom. The van der Waals surface area contributed by atoms with E-state index in [-0.39, 0.29) is 18.1 Å². The Kier molecular flexibility index (Phi) is 4.25. The minimum Gasteiger partial charge on any atom is -0.480 e. The lowest BCUT2D eigenvalue weighted by Gasteiger charge is -2.10. The van der Waals surface area contributed by atoms with Crippen LogP contribution in [0.15, 0.2) is 12.1 Å². The van der Waals surface area contributed by atoms with Crippen LogP contribution in [0.1, 0.15) is 30.0 Å². The van der Waals surface area contributed by atoms with Crippen LogP contribution in [0, 0.1) is 0 Å². The molecule has 18 heavy (non-hydrogen) atoms. The molecule has 1 heterocycles. The maximum absolute atomic E-state index is 11.6. The fourth-order valence-electron chi connectivity index (χ4n) is 1.60. The van der Waals surface area contributed by atoms with Gasteiger partial charge in [-0.2, -0.15) is 0 Å². The van der Waals surface area contributed by atoms with E-state index in [0.717, 1.165) is 0 Å². The summed E-state index contributed by atoms with van der Waals surface area (Å²) < 4.78 is 1.63. The molecule has 0 radical (unpaired) electrons. The van der Waals surface area contributed by atoms with Crippen LogP contribution in [0.25, 0.3) is 0 Å². The first-order valence-electron chi connectivity index (χ1n) is 5.50. The van der Waals surface area contributed by atoms with Gasteiger partial charge in [0.15, 0.2) is 5.78 Å². The van der Waals surface area contributed by atoms with Gasteiger partial charge in [0.2, 0.25) is 5.91 Å². The maximum Gasteiger partial charge on any atom is 0.325 e. The van der Waals surface area contributed by atoms with Gasteiger partial charge in [-0.3, -0.25) is 14.4 Å². The van der Waals surface area contributed by atoms with Gasteiger partial charge in [-0.25, -0.2) is 0 Å². The molecule has 0 bridgehead atoms. The topological polar surface area (TPSA) is 88.4 Å². The molecule has 0 unspecified atom stereocenters. The van der Waals surface area contributed by atoms with Gasteiger partial charge >= 0.3 is 5.97 Å². The van der Waals surface area contributed by atoms with Gasteiger partial charge in [-0.15, -0.1) is 0 Å². The molecule has 1 aromatic rings. The number of carbonyl (C=O) groups excluding carboxylic acids is 2. The first kappa shape index (κ1) is 14.0. The first-order chi connectivity index (χ1) is 8.32. The number of aliphatic carboxylic acids is 1. The van der Waals surface area contributed by atoms with Crippen LogP contribution < -0.4 is 5.32 Å². The summed E-state index contributed by atoms with van der Waals surface area (Å²) >= 11 is 0. The molecular formula is C12H16N2O4. The van der Waals surface area contributed by atoms with Crippen molar-refractivity contribution in [3.05, 3.63) is 23.5 Å². The summed E-state index contributed by atoms with van der Waals surface area (Å²) in [4.78, 5) is 33.4. The van der Waals surface area contributed by atoms with Crippen molar-refractivity contribution in [2.75, 3.05) is 0 Å². The number of ketones is 1. The molecule has 0 spiro atoms. The Morgan fingerprint density at radius 2 is 2.00 bits per heavy atom. The Bertz CT molecular complexity index is 490. The summed E-state index contributed by atoms with van der Waals surface area (Å²) in [6.45, 7) is 2.85. The minimum absolute atomic E-state index is 0.0431. The predicted octanol–water partition coefficient (Wildman–Crippen LogP) is 0.359. The van der Waals surface area contributed by atoms with Crippen molar-refractivity contribution in [2.24, 2.45) is 7.05 Å². The van der Waals surface area contributed by atoms with Crippen molar-refractivity contribution in [3.63, 3.8) is 0 Å². The average Bonchev–Trinajstić information content (AvgIpc) is 2.60. The fourth-order valence-corrected chi connectivity index (χ4v) is 1.60. The molecule has 2 N–H and O–H groups in total. The number of rotatable bonds is 5. The Morgan fingerprint density at radius 1 is 1.39 bits per heavy atom. The molecular weight excluding hydrogens is 236 g/mol. The van der Waals surface area contributed by atoms with Gasteiger partial charge in [-0.1, -0.05) is 0 Å². The van der Waals surface area contributed by atoms with Gasteiger partial charge in [0.05, 0.1) is 12.1 Å². The van der Waals surface area contributed by atoms with Gasteiger partial charge in [0.25, 0.3) is 0 Å². The highest BCUT2D eigenvalue weighted by atomic mass is 16.4. The van der Waals surface area contributed by atoms with Crippen LogP contribution in [0.4, 0.5) is 0 Å². The summed E-state index contributed by atoms with van der Waals surface area (Å²) in [6.07, 6.45) is 0.0431. The third-order valence-corrected chi connectivity index (χ3v) is 2.68. The lowest BCUT2D eigenvalue weighted by molar-refractivity contribution is -0.141. The molecule has 1 aromatic heterocycles. The Balaban J connectivity index is 2.71. The van der Waals surface area contributed by atoms with Crippen LogP contribution >= 0.6 is 0 Å². The third kappa shape index (κ3) is 3.19. The summed E-state index contributed by atoms with van der Waals surface area (Å²) in [7, 11) is 1.69. The largest absolute Gasteiger partial charge is 0.480 e. The monoisotopic (exact) mass is 252 g/mol. The smallest absolute Gasteiger partial charge is 0.325 e. The number of hydrogen-bond donors (Lipinski definition) is 2. The van der Waals surface area contributed by atoms with E-state index >= 15 is 0 Å². The molecule has 0 aliphatic carbocycles. The van der Waals surface area contributed by atoms with E-state index in [4.69, 9.17) is 5.11 Å². The van der Waals surface area contributed by atoms with E-state index in [0.29, 0.717) is 11.4 Å². The van der Waals surface area contributed by atoms with Crippen molar-refractivity contribution in [1.82, 2.24) is 9.88 Å². The summed E-state index contributed by atoms with van der Waals surface area (Å²) in [5, 5.41) is 11.0. The zero-order chi connectivity index (χ0) is 13.9. The van der Waals surface area contributed by atoms with Crippen molar-refractivity contribution >= 4 is 17.7 Å². The maximum atomic E-state index is 11.6. The van der Waals surface area contributed by atoms with E-state index < -0.39 is 12.0 Å². The van der Waals surface area contributed by atoms with Gasteiger partial charge in [0.1, 0.15) is 6.04 Å². The number of nitrogens with zero attached hydrogens (tertiary/aromatic N) is 1. The van der Waals surface area contributed by atoms with E-state index in [2.05, 4.69) is 5.32 Å². The van der Waals surface area contributed by atoms with E-state index in [1.54, 1.807) is 23.7 Å². The van der Waals surface area contributed by atoms with Crippen molar-refractivity contribution in [1.29, 1.82) is 0 Å². The average molecular weight is 252 g/mol. The van der Waals surface area contributed by atoms with Crippen molar-refractivity contribution < 1.29 is 19.5 Å². The highest BCUT2D eigenvalue weighted by Crippen LogP contribution is 2.08. The quantitative estimate of drug-likeness (QED) is 0.740. The molecule has 0 aliphatic heterocycles. The van der Waals surface area contributed by atoms with Crippen LogP contribution in [0.3, 0.4) is 0 Å². The molecule has 98 valence electrons. The van der Waals surface area contributed by atoms with Crippen molar-refractivity contribution in [3.8, 4) is 0 Å². The fraction of sp³-hybridized carbons (Fsp3) is 0.417. The highest BCUT2D eigenvalue weighted by Gasteiger charge is 2.16. The molecule has 0 saturated heterocycles. The van der Waals surface area contributed by atoms with Gasteiger partial charge in [-0.05, 0) is 19.1 Å². The number of nitrogens with one attached hydrogen (secondary N) is 1. The lowest BCUT2D eigenvalue weighted by atomic mass is 10.2. The molecule has 6 heteroatoms. The number of Topliss-reactive ketones (excluding diaryl/α,β-unsaturated/α-hetero) is 1. The minimum atomic E-state index is -1.08.